The highest BCUT2D eigenvalue weighted by atomic mass is 35.5. The van der Waals surface area contributed by atoms with Gasteiger partial charge in [0.15, 0.2) is 0 Å². The van der Waals surface area contributed by atoms with E-state index in [1.54, 1.807) is 0 Å². The van der Waals surface area contributed by atoms with E-state index in [4.69, 9.17) is 21.4 Å². The van der Waals surface area contributed by atoms with Crippen LogP contribution in [-0.2, 0) is 6.61 Å². The van der Waals surface area contributed by atoms with Gasteiger partial charge in [-0.1, -0.05) is 11.6 Å². The highest BCUT2D eigenvalue weighted by Gasteiger charge is 2.18. The summed E-state index contributed by atoms with van der Waals surface area (Å²) in [6, 6.07) is 2.59. The van der Waals surface area contributed by atoms with E-state index in [0.717, 1.165) is 0 Å². The van der Waals surface area contributed by atoms with Crippen molar-refractivity contribution in [3.8, 4) is 5.75 Å². The quantitative estimate of drug-likeness (QED) is 0.618. The maximum absolute atomic E-state index is 10.6. The number of halogens is 1. The van der Waals surface area contributed by atoms with Crippen LogP contribution in [0, 0.1) is 10.1 Å². The highest BCUT2D eigenvalue weighted by Crippen LogP contribution is 2.32. The zero-order valence-corrected chi connectivity index (χ0v) is 8.11. The van der Waals surface area contributed by atoms with Gasteiger partial charge in [0.05, 0.1) is 29.2 Å². The second-order valence-electron chi connectivity index (χ2n) is 2.52. The molecule has 1 aromatic rings. The Hall–Kier alpha value is -1.33. The summed E-state index contributed by atoms with van der Waals surface area (Å²) in [6.07, 6.45) is 0. The number of aliphatic hydroxyl groups is 1. The Morgan fingerprint density at radius 3 is 2.71 bits per heavy atom. The molecule has 1 aromatic carbocycles. The molecule has 14 heavy (non-hydrogen) atoms. The minimum atomic E-state index is -0.611. The van der Waals surface area contributed by atoms with Crippen LogP contribution in [0.5, 0.6) is 5.75 Å². The Morgan fingerprint density at radius 1 is 1.64 bits per heavy atom. The van der Waals surface area contributed by atoms with Gasteiger partial charge in [-0.25, -0.2) is 0 Å². The Morgan fingerprint density at radius 2 is 2.29 bits per heavy atom. The van der Waals surface area contributed by atoms with Crippen LogP contribution < -0.4 is 4.74 Å². The van der Waals surface area contributed by atoms with Gasteiger partial charge in [-0.2, -0.15) is 0 Å². The number of ether oxygens (including phenoxy) is 1. The van der Waals surface area contributed by atoms with Gasteiger partial charge in [0.2, 0.25) is 0 Å². The standard InChI is InChI=1S/C8H8ClNO4/c1-14-8-3-5(9)2-7(10(12)13)6(8)4-11/h2-3,11H,4H2,1H3. The summed E-state index contributed by atoms with van der Waals surface area (Å²) in [6.45, 7) is -0.462. The van der Waals surface area contributed by atoms with Gasteiger partial charge in [0.1, 0.15) is 5.75 Å². The number of aliphatic hydroxyl groups excluding tert-OH is 1. The lowest BCUT2D eigenvalue weighted by molar-refractivity contribution is -0.385. The molecule has 0 aromatic heterocycles. The summed E-state index contributed by atoms with van der Waals surface area (Å²) >= 11 is 5.64. The van der Waals surface area contributed by atoms with E-state index in [-0.39, 0.29) is 22.0 Å². The van der Waals surface area contributed by atoms with Gasteiger partial charge in [-0.05, 0) is 6.07 Å². The van der Waals surface area contributed by atoms with E-state index in [1.807, 2.05) is 0 Å². The minimum absolute atomic E-state index is 0.127. The summed E-state index contributed by atoms with van der Waals surface area (Å²) in [5.41, 5.74) is -0.112. The first-order valence-corrected chi connectivity index (χ1v) is 4.09. The largest absolute Gasteiger partial charge is 0.496 e. The number of nitrogens with zero attached hydrogens (tertiary/aromatic N) is 1. The van der Waals surface area contributed by atoms with Crippen molar-refractivity contribution in [3.63, 3.8) is 0 Å². The first-order valence-electron chi connectivity index (χ1n) is 3.71. The van der Waals surface area contributed by atoms with Crippen LogP contribution in [0.15, 0.2) is 12.1 Å². The van der Waals surface area contributed by atoms with Crippen molar-refractivity contribution in [2.45, 2.75) is 6.61 Å². The topological polar surface area (TPSA) is 72.6 Å². The summed E-state index contributed by atoms with van der Waals surface area (Å²) < 4.78 is 4.86. The zero-order valence-electron chi connectivity index (χ0n) is 7.36. The number of methoxy groups -OCH3 is 1. The van der Waals surface area contributed by atoms with E-state index >= 15 is 0 Å². The van der Waals surface area contributed by atoms with E-state index in [0.29, 0.717) is 0 Å². The summed E-state index contributed by atoms with van der Waals surface area (Å²) in [5.74, 6) is 0.215. The highest BCUT2D eigenvalue weighted by molar-refractivity contribution is 6.31. The average Bonchev–Trinajstić information content (AvgIpc) is 2.16. The number of hydrogen-bond donors (Lipinski definition) is 1. The summed E-state index contributed by atoms with van der Waals surface area (Å²) in [4.78, 5) is 9.97. The molecular formula is C8H8ClNO4. The third kappa shape index (κ3) is 1.94. The minimum Gasteiger partial charge on any atom is -0.496 e. The number of rotatable bonds is 3. The van der Waals surface area contributed by atoms with E-state index in [9.17, 15) is 10.1 Å². The van der Waals surface area contributed by atoms with Crippen LogP contribution in [0.4, 0.5) is 5.69 Å². The molecule has 5 nitrogen and oxygen atoms in total. The molecule has 0 aliphatic rings. The maximum Gasteiger partial charge on any atom is 0.280 e. The molecule has 0 bridgehead atoms. The molecule has 1 N–H and O–H groups in total. The van der Waals surface area contributed by atoms with Crippen LogP contribution in [0.25, 0.3) is 0 Å². The van der Waals surface area contributed by atoms with Gasteiger partial charge in [-0.15, -0.1) is 0 Å². The number of nitro groups is 1. The van der Waals surface area contributed by atoms with E-state index in [2.05, 4.69) is 0 Å². The van der Waals surface area contributed by atoms with Crippen LogP contribution in [0.2, 0.25) is 5.02 Å². The lowest BCUT2D eigenvalue weighted by Crippen LogP contribution is -1.99. The fourth-order valence-electron chi connectivity index (χ4n) is 1.10. The first-order chi connectivity index (χ1) is 6.60. The molecule has 0 heterocycles. The molecule has 0 amide bonds. The fourth-order valence-corrected chi connectivity index (χ4v) is 1.30. The molecule has 0 radical (unpaired) electrons. The Labute approximate surface area is 85.0 Å². The van der Waals surface area contributed by atoms with Gasteiger partial charge >= 0.3 is 0 Å². The Balaban J connectivity index is 3.39. The van der Waals surface area contributed by atoms with Crippen molar-refractivity contribution in [2.75, 3.05) is 7.11 Å². The smallest absolute Gasteiger partial charge is 0.280 e. The molecule has 0 saturated carbocycles. The molecule has 0 aliphatic carbocycles. The van der Waals surface area contributed by atoms with Gasteiger partial charge < -0.3 is 9.84 Å². The monoisotopic (exact) mass is 217 g/mol. The zero-order chi connectivity index (χ0) is 10.7. The van der Waals surface area contributed by atoms with Crippen molar-refractivity contribution in [3.05, 3.63) is 32.8 Å². The lowest BCUT2D eigenvalue weighted by Gasteiger charge is -2.06. The number of nitro benzene ring substituents is 1. The molecule has 0 unspecified atom stereocenters. The molecule has 6 heteroatoms. The molecule has 0 aliphatic heterocycles. The van der Waals surface area contributed by atoms with Crippen molar-refractivity contribution < 1.29 is 14.8 Å². The van der Waals surface area contributed by atoms with Crippen LogP contribution in [0.3, 0.4) is 0 Å². The second-order valence-corrected chi connectivity index (χ2v) is 2.96. The predicted octanol–water partition coefficient (Wildman–Crippen LogP) is 1.75. The second kappa shape index (κ2) is 4.26. The summed E-state index contributed by atoms with van der Waals surface area (Å²) in [5, 5.41) is 19.7. The van der Waals surface area contributed by atoms with Gasteiger partial charge in [0, 0.05) is 6.07 Å². The fraction of sp³-hybridized carbons (Fsp3) is 0.250. The third-order valence-electron chi connectivity index (χ3n) is 1.72. The van der Waals surface area contributed by atoms with Crippen LogP contribution in [0.1, 0.15) is 5.56 Å². The average molecular weight is 218 g/mol. The molecular weight excluding hydrogens is 210 g/mol. The number of hydrogen-bond acceptors (Lipinski definition) is 4. The van der Waals surface area contributed by atoms with Crippen LogP contribution >= 0.6 is 11.6 Å². The van der Waals surface area contributed by atoms with Crippen molar-refractivity contribution >= 4 is 17.3 Å². The van der Waals surface area contributed by atoms with Crippen molar-refractivity contribution in [1.82, 2.24) is 0 Å². The normalized spacial score (nSPS) is 9.93. The lowest BCUT2D eigenvalue weighted by atomic mass is 10.1. The molecule has 76 valence electrons. The molecule has 0 spiro atoms. The maximum atomic E-state index is 10.6. The van der Waals surface area contributed by atoms with Gasteiger partial charge in [-0.3, -0.25) is 10.1 Å². The molecule has 0 fully saturated rings. The van der Waals surface area contributed by atoms with Crippen molar-refractivity contribution in [2.24, 2.45) is 0 Å². The Kier molecular flexibility index (Phi) is 3.27. The van der Waals surface area contributed by atoms with Crippen molar-refractivity contribution in [1.29, 1.82) is 0 Å². The molecule has 0 saturated heterocycles. The first kappa shape index (κ1) is 10.7. The SMILES string of the molecule is COc1cc(Cl)cc([N+](=O)[O-])c1CO. The van der Waals surface area contributed by atoms with E-state index in [1.165, 1.54) is 19.2 Å². The van der Waals surface area contributed by atoms with Crippen LogP contribution in [-0.4, -0.2) is 17.1 Å². The summed E-state index contributed by atoms with van der Waals surface area (Å²) in [7, 11) is 1.36. The predicted molar refractivity (Wildman–Crippen MR) is 50.6 cm³/mol. The van der Waals surface area contributed by atoms with E-state index < -0.39 is 11.5 Å². The molecule has 1 rings (SSSR count). The number of benzene rings is 1. The molecule has 0 atom stereocenters. The Bertz CT molecular complexity index is 367. The van der Waals surface area contributed by atoms with Gasteiger partial charge in [0.25, 0.3) is 5.69 Å². The third-order valence-corrected chi connectivity index (χ3v) is 1.94.